The number of fused-ring (bicyclic) bond motifs is 3. The van der Waals surface area contributed by atoms with Crippen LogP contribution in [0.1, 0.15) is 62.3 Å². The number of aryl methyl sites for hydroxylation is 2. The number of hydrogen-bond donors (Lipinski definition) is 0. The lowest BCUT2D eigenvalue weighted by molar-refractivity contribution is -0.118. The van der Waals surface area contributed by atoms with Crippen LogP contribution in [0.15, 0.2) is 18.2 Å². The van der Waals surface area contributed by atoms with E-state index in [4.69, 9.17) is 16.3 Å². The predicted octanol–water partition coefficient (Wildman–Crippen LogP) is 6.26. The number of carbonyl (C=O) groups is 1. The summed E-state index contributed by atoms with van der Waals surface area (Å²) in [6.45, 7) is 2.18. The van der Waals surface area contributed by atoms with E-state index in [9.17, 15) is 4.79 Å². The van der Waals surface area contributed by atoms with Gasteiger partial charge in [-0.05, 0) is 79.3 Å². The van der Waals surface area contributed by atoms with Crippen LogP contribution in [0.2, 0.25) is 0 Å². The van der Waals surface area contributed by atoms with Crippen LogP contribution in [0.25, 0.3) is 10.1 Å². The lowest BCUT2D eigenvalue weighted by Crippen LogP contribution is -2.23. The molecule has 24 heavy (non-hydrogen) atoms. The molecule has 1 aliphatic carbocycles. The molecule has 3 rings (SSSR count). The molecule has 1 aromatic heterocycles. The third-order valence-electron chi connectivity index (χ3n) is 4.78. The first kappa shape index (κ1) is 17.8. The fraction of sp³-hybridized carbons (Fsp3) is 0.550. The minimum Gasteiger partial charge on any atom is -0.481 e. The summed E-state index contributed by atoms with van der Waals surface area (Å²) in [4.78, 5) is 13.2. The van der Waals surface area contributed by atoms with Crippen molar-refractivity contribution >= 4 is 38.3 Å². The summed E-state index contributed by atoms with van der Waals surface area (Å²) in [5, 5.41) is 0.968. The number of rotatable bonds is 8. The minimum atomic E-state index is -0.532. The highest BCUT2D eigenvalue weighted by molar-refractivity contribution is 7.19. The van der Waals surface area contributed by atoms with Crippen molar-refractivity contribution < 1.29 is 9.53 Å². The maximum atomic E-state index is 11.7. The van der Waals surface area contributed by atoms with Crippen LogP contribution in [0.4, 0.5) is 0 Å². The summed E-state index contributed by atoms with van der Waals surface area (Å²) in [6, 6.07) is 6.22. The van der Waals surface area contributed by atoms with E-state index in [1.54, 1.807) is 0 Å². The molecule has 1 unspecified atom stereocenters. The lowest BCUT2D eigenvalue weighted by atomic mass is 9.96. The number of ether oxygens (including phenoxy) is 1. The van der Waals surface area contributed by atoms with Gasteiger partial charge in [0.25, 0.3) is 5.24 Å². The van der Waals surface area contributed by atoms with Crippen LogP contribution in [-0.2, 0) is 17.6 Å². The highest BCUT2D eigenvalue weighted by Crippen LogP contribution is 2.38. The van der Waals surface area contributed by atoms with E-state index < -0.39 is 11.3 Å². The molecule has 0 aliphatic heterocycles. The molecule has 4 heteroatoms. The average Bonchev–Trinajstić information content (AvgIpc) is 2.95. The normalized spacial score (nSPS) is 15.2. The molecule has 130 valence electrons. The molecule has 0 spiro atoms. The summed E-state index contributed by atoms with van der Waals surface area (Å²) in [7, 11) is 0. The van der Waals surface area contributed by atoms with Crippen molar-refractivity contribution in [1.82, 2.24) is 0 Å². The van der Waals surface area contributed by atoms with Crippen LogP contribution in [0.5, 0.6) is 5.75 Å². The number of hydrogen-bond acceptors (Lipinski definition) is 3. The molecule has 1 heterocycles. The van der Waals surface area contributed by atoms with E-state index in [1.807, 2.05) is 17.4 Å². The van der Waals surface area contributed by atoms with Crippen molar-refractivity contribution in [2.75, 3.05) is 0 Å². The second kappa shape index (κ2) is 8.35. The Bertz CT molecular complexity index is 707. The van der Waals surface area contributed by atoms with Crippen molar-refractivity contribution in [3.8, 4) is 5.75 Å². The van der Waals surface area contributed by atoms with Crippen molar-refractivity contribution in [2.45, 2.75) is 70.8 Å². The largest absolute Gasteiger partial charge is 0.481 e. The molecule has 2 nitrogen and oxygen atoms in total. The molecular weight excluding hydrogens is 340 g/mol. The van der Waals surface area contributed by atoms with Crippen molar-refractivity contribution in [3.05, 3.63) is 28.6 Å². The molecule has 0 fully saturated rings. The van der Waals surface area contributed by atoms with E-state index in [0.717, 1.165) is 18.6 Å². The third-order valence-corrected chi connectivity index (χ3v) is 6.28. The summed E-state index contributed by atoms with van der Waals surface area (Å²) < 4.78 is 7.19. The fourth-order valence-electron chi connectivity index (χ4n) is 3.46. The molecule has 1 aliphatic rings. The van der Waals surface area contributed by atoms with Gasteiger partial charge in [0.2, 0.25) is 0 Å². The first-order valence-electron chi connectivity index (χ1n) is 9.09. The van der Waals surface area contributed by atoms with E-state index in [0.29, 0.717) is 6.42 Å². The van der Waals surface area contributed by atoms with E-state index in [1.165, 1.54) is 59.1 Å². The lowest BCUT2D eigenvalue weighted by Gasteiger charge is -2.15. The summed E-state index contributed by atoms with van der Waals surface area (Å²) in [5.74, 6) is 0.760. The molecule has 0 saturated heterocycles. The quantitative estimate of drug-likeness (QED) is 0.408. The Morgan fingerprint density at radius 3 is 2.88 bits per heavy atom. The van der Waals surface area contributed by atoms with Crippen LogP contribution in [0.3, 0.4) is 0 Å². The maximum Gasteiger partial charge on any atom is 0.262 e. The summed E-state index contributed by atoms with van der Waals surface area (Å²) in [5.41, 5.74) is 1.53. The van der Waals surface area contributed by atoms with Crippen LogP contribution in [-0.4, -0.2) is 11.3 Å². The van der Waals surface area contributed by atoms with Gasteiger partial charge in [-0.2, -0.15) is 0 Å². The monoisotopic (exact) mass is 364 g/mol. The van der Waals surface area contributed by atoms with Crippen molar-refractivity contribution in [2.24, 2.45) is 0 Å². The predicted molar refractivity (Wildman–Crippen MR) is 103 cm³/mol. The fourth-order valence-corrected chi connectivity index (χ4v) is 4.93. The molecule has 0 radical (unpaired) electrons. The minimum absolute atomic E-state index is 0.392. The van der Waals surface area contributed by atoms with Crippen molar-refractivity contribution in [3.63, 3.8) is 0 Å². The van der Waals surface area contributed by atoms with Crippen LogP contribution in [0, 0.1) is 0 Å². The zero-order valence-electron chi connectivity index (χ0n) is 14.3. The molecule has 1 aromatic carbocycles. The van der Waals surface area contributed by atoms with Gasteiger partial charge in [0.1, 0.15) is 5.75 Å². The number of benzene rings is 1. The van der Waals surface area contributed by atoms with Gasteiger partial charge in [0.15, 0.2) is 6.10 Å². The molecule has 0 bridgehead atoms. The standard InChI is InChI=1S/C20H25ClO2S/c1-2-3-4-5-9-17(20(21)22)23-14-11-12-16-15-8-6-7-10-18(15)24-19(16)13-14/h11-13,17H,2-10H2,1H3. The molecule has 1 atom stereocenters. The van der Waals surface area contributed by atoms with Gasteiger partial charge in [0.05, 0.1) is 0 Å². The first-order chi connectivity index (χ1) is 11.7. The molecule has 0 N–H and O–H groups in total. The number of carbonyl (C=O) groups excluding carboxylic acids is 1. The van der Waals surface area contributed by atoms with Gasteiger partial charge in [-0.3, -0.25) is 4.79 Å². The Balaban J connectivity index is 1.72. The smallest absolute Gasteiger partial charge is 0.262 e. The second-order valence-corrected chi connectivity index (χ2v) is 8.14. The summed E-state index contributed by atoms with van der Waals surface area (Å²) >= 11 is 7.62. The third kappa shape index (κ3) is 4.12. The molecule has 0 amide bonds. The number of thiophene rings is 1. The van der Waals surface area contributed by atoms with Gasteiger partial charge in [-0.1, -0.05) is 26.2 Å². The SMILES string of the molecule is CCCCCCC(Oc1ccc2c3c(sc2c1)CCCC3)C(=O)Cl. The Labute approximate surface area is 153 Å². The number of unbranched alkanes of at least 4 members (excludes halogenated alkanes) is 3. The topological polar surface area (TPSA) is 26.3 Å². The molecule has 0 saturated carbocycles. The Kier molecular flexibility index (Phi) is 6.18. The van der Waals surface area contributed by atoms with Gasteiger partial charge >= 0.3 is 0 Å². The first-order valence-corrected chi connectivity index (χ1v) is 10.3. The Morgan fingerprint density at radius 2 is 2.08 bits per heavy atom. The molecule has 2 aromatic rings. The Morgan fingerprint density at radius 1 is 1.25 bits per heavy atom. The summed E-state index contributed by atoms with van der Waals surface area (Å²) in [6.07, 6.45) is 9.61. The van der Waals surface area contributed by atoms with E-state index in [2.05, 4.69) is 19.1 Å². The zero-order valence-corrected chi connectivity index (χ0v) is 15.8. The van der Waals surface area contributed by atoms with Gasteiger partial charge in [-0.15, -0.1) is 11.3 Å². The second-order valence-electron chi connectivity index (χ2n) is 6.63. The van der Waals surface area contributed by atoms with E-state index >= 15 is 0 Å². The maximum absolute atomic E-state index is 11.7. The van der Waals surface area contributed by atoms with Gasteiger partial charge in [-0.25, -0.2) is 0 Å². The highest BCUT2D eigenvalue weighted by Gasteiger charge is 2.20. The van der Waals surface area contributed by atoms with E-state index in [-0.39, 0.29) is 0 Å². The average molecular weight is 365 g/mol. The van der Waals surface area contributed by atoms with Gasteiger partial charge in [0, 0.05) is 9.58 Å². The zero-order chi connectivity index (χ0) is 16.9. The molecular formula is C20H25ClO2S. The van der Waals surface area contributed by atoms with Gasteiger partial charge < -0.3 is 4.74 Å². The van der Waals surface area contributed by atoms with Crippen LogP contribution >= 0.6 is 22.9 Å². The highest BCUT2D eigenvalue weighted by atomic mass is 35.5. The Hall–Kier alpha value is -1.06. The van der Waals surface area contributed by atoms with Crippen molar-refractivity contribution in [1.29, 1.82) is 0 Å². The number of halogens is 1. The van der Waals surface area contributed by atoms with Crippen LogP contribution < -0.4 is 4.74 Å².